The summed E-state index contributed by atoms with van der Waals surface area (Å²) in [5, 5.41) is 1.93. The summed E-state index contributed by atoms with van der Waals surface area (Å²) < 4.78 is 11.0. The predicted molar refractivity (Wildman–Crippen MR) is 102 cm³/mol. The Balaban J connectivity index is 1.97. The van der Waals surface area contributed by atoms with E-state index in [1.807, 2.05) is 18.2 Å². The topological polar surface area (TPSA) is 93.9 Å². The molecule has 1 unspecified atom stereocenters. The number of nitrogens with zero attached hydrogens (tertiary/aromatic N) is 1. The molecule has 2 heterocycles. The fourth-order valence-electron chi connectivity index (χ4n) is 3.12. The highest BCUT2D eigenvalue weighted by molar-refractivity contribution is 8.18. The number of imide groups is 1. The van der Waals surface area contributed by atoms with Crippen LogP contribution in [0.15, 0.2) is 23.1 Å². The summed E-state index contributed by atoms with van der Waals surface area (Å²) >= 11 is 0.909. The van der Waals surface area contributed by atoms with Gasteiger partial charge in [0.2, 0.25) is 0 Å². The normalized spacial score (nSPS) is 22.0. The zero-order chi connectivity index (χ0) is 18.5. The van der Waals surface area contributed by atoms with Crippen molar-refractivity contribution in [2.45, 2.75) is 18.9 Å². The maximum Gasteiger partial charge on any atom is 0.290 e. The molecular formula is C18H23N3O4S. The van der Waals surface area contributed by atoms with E-state index in [9.17, 15) is 9.59 Å². The number of piperidine rings is 1. The second-order valence-corrected chi connectivity index (χ2v) is 7.25. The van der Waals surface area contributed by atoms with E-state index in [4.69, 9.17) is 15.2 Å². The zero-order valence-electron chi connectivity index (χ0n) is 14.7. The number of para-hydroxylation sites is 1. The van der Waals surface area contributed by atoms with Gasteiger partial charge in [0.05, 0.1) is 17.2 Å². The van der Waals surface area contributed by atoms with Crippen molar-refractivity contribution in [2.24, 2.45) is 5.73 Å². The van der Waals surface area contributed by atoms with Crippen molar-refractivity contribution in [3.63, 3.8) is 0 Å². The van der Waals surface area contributed by atoms with Crippen LogP contribution in [-0.4, -0.2) is 50.6 Å². The Bertz CT molecular complexity index is 722. The Labute approximate surface area is 156 Å². The Kier molecular flexibility index (Phi) is 6.18. The number of carbonyl (C=O) groups excluding carboxylic acids is 2. The first-order valence-corrected chi connectivity index (χ1v) is 9.40. The van der Waals surface area contributed by atoms with Crippen LogP contribution in [0.1, 0.15) is 18.4 Å². The van der Waals surface area contributed by atoms with Crippen LogP contribution in [0, 0.1) is 0 Å². The van der Waals surface area contributed by atoms with Gasteiger partial charge in [0.25, 0.3) is 11.1 Å². The molecule has 1 aromatic rings. The van der Waals surface area contributed by atoms with Crippen LogP contribution in [0.5, 0.6) is 5.75 Å². The number of hydrogen-bond acceptors (Lipinski definition) is 7. The molecule has 0 radical (unpaired) electrons. The van der Waals surface area contributed by atoms with Crippen molar-refractivity contribution in [2.75, 3.05) is 38.3 Å². The fraction of sp³-hybridized carbons (Fsp3) is 0.444. The number of rotatable bonds is 6. The number of amides is 2. The number of nitrogens with two attached hydrogens (primary N) is 1. The van der Waals surface area contributed by atoms with Gasteiger partial charge in [0.1, 0.15) is 12.4 Å². The van der Waals surface area contributed by atoms with Crippen LogP contribution >= 0.6 is 11.8 Å². The van der Waals surface area contributed by atoms with Gasteiger partial charge in [-0.3, -0.25) is 14.9 Å². The molecule has 26 heavy (non-hydrogen) atoms. The van der Waals surface area contributed by atoms with E-state index in [2.05, 4.69) is 10.2 Å². The summed E-state index contributed by atoms with van der Waals surface area (Å²) in [6.07, 6.45) is 3.73. The minimum atomic E-state index is -0.369. The molecule has 3 rings (SSSR count). The quantitative estimate of drug-likeness (QED) is 0.578. The predicted octanol–water partition coefficient (Wildman–Crippen LogP) is 1.96. The maximum absolute atomic E-state index is 11.9. The molecule has 2 fully saturated rings. The van der Waals surface area contributed by atoms with Crippen LogP contribution < -0.4 is 20.7 Å². The minimum Gasteiger partial charge on any atom is -0.489 e. The summed E-state index contributed by atoms with van der Waals surface area (Å²) in [5.74, 6) is 0.354. The van der Waals surface area contributed by atoms with E-state index in [1.165, 1.54) is 0 Å². The first kappa shape index (κ1) is 18.8. The lowest BCUT2D eigenvalue weighted by Crippen LogP contribution is -2.43. The van der Waals surface area contributed by atoms with Gasteiger partial charge in [-0.15, -0.1) is 0 Å². The van der Waals surface area contributed by atoms with Crippen molar-refractivity contribution < 1.29 is 19.1 Å². The summed E-state index contributed by atoms with van der Waals surface area (Å²) in [7, 11) is 1.63. The Morgan fingerprint density at radius 1 is 1.38 bits per heavy atom. The van der Waals surface area contributed by atoms with Crippen LogP contribution in [0.4, 0.5) is 10.5 Å². The van der Waals surface area contributed by atoms with Crippen LogP contribution in [0.25, 0.3) is 6.08 Å². The van der Waals surface area contributed by atoms with Crippen molar-refractivity contribution in [1.82, 2.24) is 5.32 Å². The second kappa shape index (κ2) is 8.57. The molecule has 1 aromatic carbocycles. The molecule has 7 nitrogen and oxygen atoms in total. The zero-order valence-corrected chi connectivity index (χ0v) is 15.5. The molecule has 3 N–H and O–H groups in total. The van der Waals surface area contributed by atoms with E-state index >= 15 is 0 Å². The van der Waals surface area contributed by atoms with Crippen LogP contribution in [0.3, 0.4) is 0 Å². The molecule has 8 heteroatoms. The van der Waals surface area contributed by atoms with E-state index in [1.54, 1.807) is 13.2 Å². The van der Waals surface area contributed by atoms with Gasteiger partial charge in [0, 0.05) is 31.8 Å². The second-order valence-electron chi connectivity index (χ2n) is 6.24. The number of carbonyl (C=O) groups is 2. The lowest BCUT2D eigenvalue weighted by Gasteiger charge is -2.34. The van der Waals surface area contributed by atoms with Gasteiger partial charge in [0.15, 0.2) is 0 Å². The molecule has 0 aromatic heterocycles. The highest BCUT2D eigenvalue weighted by atomic mass is 32.2. The number of anilines is 1. The summed E-state index contributed by atoms with van der Waals surface area (Å²) in [4.78, 5) is 25.9. The summed E-state index contributed by atoms with van der Waals surface area (Å²) in [5.41, 5.74) is 7.89. The van der Waals surface area contributed by atoms with E-state index in [0.717, 1.165) is 54.7 Å². The van der Waals surface area contributed by atoms with Crippen molar-refractivity contribution >= 4 is 34.7 Å². The Hall–Kier alpha value is -2.03. The Morgan fingerprint density at radius 2 is 2.23 bits per heavy atom. The lowest BCUT2D eigenvalue weighted by molar-refractivity contribution is -0.115. The number of benzene rings is 1. The molecule has 1 atom stereocenters. The molecule has 0 aliphatic carbocycles. The average Bonchev–Trinajstić information content (AvgIpc) is 2.92. The van der Waals surface area contributed by atoms with Gasteiger partial charge >= 0.3 is 0 Å². The molecule has 2 amide bonds. The molecule has 2 saturated heterocycles. The molecule has 0 bridgehead atoms. The van der Waals surface area contributed by atoms with Crippen molar-refractivity contribution in [3.05, 3.63) is 28.7 Å². The molecule has 2 aliphatic heterocycles. The van der Waals surface area contributed by atoms with Gasteiger partial charge < -0.3 is 20.1 Å². The van der Waals surface area contributed by atoms with Crippen molar-refractivity contribution in [3.8, 4) is 5.75 Å². The summed E-state index contributed by atoms with van der Waals surface area (Å²) in [6, 6.07) is 5.80. The van der Waals surface area contributed by atoms with Gasteiger partial charge in [-0.05, 0) is 36.7 Å². The van der Waals surface area contributed by atoms with Crippen LogP contribution in [0.2, 0.25) is 0 Å². The fourth-order valence-corrected chi connectivity index (χ4v) is 3.79. The van der Waals surface area contributed by atoms with Gasteiger partial charge in [-0.25, -0.2) is 0 Å². The number of thioether (sulfide) groups is 1. The molecular weight excluding hydrogens is 354 g/mol. The van der Waals surface area contributed by atoms with E-state index in [-0.39, 0.29) is 17.2 Å². The van der Waals surface area contributed by atoms with Crippen molar-refractivity contribution in [1.29, 1.82) is 0 Å². The summed E-state index contributed by atoms with van der Waals surface area (Å²) in [6.45, 7) is 2.50. The number of hydrogen-bond donors (Lipinski definition) is 2. The van der Waals surface area contributed by atoms with E-state index in [0.29, 0.717) is 18.1 Å². The molecule has 0 saturated carbocycles. The number of ether oxygens (including phenoxy) is 2. The minimum absolute atomic E-state index is 0.0991. The third kappa shape index (κ3) is 4.38. The number of nitrogens with one attached hydrogen (secondary N) is 1. The first-order chi connectivity index (χ1) is 12.6. The highest BCUT2D eigenvalue weighted by Gasteiger charge is 2.27. The third-order valence-corrected chi connectivity index (χ3v) is 5.09. The average molecular weight is 377 g/mol. The smallest absolute Gasteiger partial charge is 0.290 e. The lowest BCUT2D eigenvalue weighted by atomic mass is 10.0. The molecule has 140 valence electrons. The highest BCUT2D eigenvalue weighted by Crippen LogP contribution is 2.37. The largest absolute Gasteiger partial charge is 0.489 e. The molecule has 2 aliphatic rings. The van der Waals surface area contributed by atoms with E-state index < -0.39 is 0 Å². The first-order valence-electron chi connectivity index (χ1n) is 8.58. The number of methoxy groups -OCH3 is 1. The van der Waals surface area contributed by atoms with Crippen LogP contribution in [-0.2, 0) is 9.53 Å². The molecule has 0 spiro atoms. The maximum atomic E-state index is 11.9. The monoisotopic (exact) mass is 377 g/mol. The van der Waals surface area contributed by atoms with Gasteiger partial charge in [-0.2, -0.15) is 0 Å². The standard InChI is InChI=1S/C18H23N3O4S/c1-24-8-9-25-14-6-2-4-12(10-15-17(22)20-18(23)26-15)16(14)21-7-3-5-13(19)11-21/h2,4,6,10,13H,3,5,7-9,11,19H2,1H3,(H,20,22,23)/b15-10+. The van der Waals surface area contributed by atoms with Gasteiger partial charge in [-0.1, -0.05) is 12.1 Å². The Morgan fingerprint density at radius 3 is 2.92 bits per heavy atom. The third-order valence-electron chi connectivity index (χ3n) is 4.28. The SMILES string of the molecule is COCCOc1cccc(/C=C2/SC(=O)NC2=O)c1N1CCCC(N)C1.